The van der Waals surface area contributed by atoms with Crippen LogP contribution in [-0.4, -0.2) is 10.2 Å². The smallest absolute Gasteiger partial charge is 0.416 e. The molecule has 13 heavy (non-hydrogen) atoms. The fourth-order valence-corrected chi connectivity index (χ4v) is 1.07. The number of halogens is 4. The zero-order chi connectivity index (χ0) is 10.2. The van der Waals surface area contributed by atoms with Crippen molar-refractivity contribution in [1.82, 2.24) is 0 Å². The van der Waals surface area contributed by atoms with Crippen LogP contribution in [0.3, 0.4) is 0 Å². The zero-order valence-corrected chi connectivity index (χ0v) is 8.22. The van der Waals surface area contributed by atoms with Crippen molar-refractivity contribution in [2.24, 2.45) is 0 Å². The molecular weight excluding hydrogens is 300 g/mol. The van der Waals surface area contributed by atoms with E-state index in [4.69, 9.17) is 10.2 Å². The van der Waals surface area contributed by atoms with E-state index in [0.717, 1.165) is 0 Å². The van der Waals surface area contributed by atoms with E-state index in [0.29, 0.717) is 12.1 Å². The number of alkyl halides is 3. The van der Waals surface area contributed by atoms with Crippen LogP contribution in [0.15, 0.2) is 12.1 Å². The van der Waals surface area contributed by atoms with E-state index >= 15 is 0 Å². The lowest BCUT2D eigenvalue weighted by atomic mass is 10.2. The molecule has 0 bridgehead atoms. The summed E-state index contributed by atoms with van der Waals surface area (Å²) >= 11 is 1.55. The lowest BCUT2D eigenvalue weighted by molar-refractivity contribution is -0.137. The zero-order valence-electron chi connectivity index (χ0n) is 6.06. The van der Waals surface area contributed by atoms with Crippen molar-refractivity contribution in [3.05, 3.63) is 21.3 Å². The molecular formula is C7H4F3IO2. The number of hydrogen-bond acceptors (Lipinski definition) is 2. The van der Waals surface area contributed by atoms with Crippen molar-refractivity contribution in [3.8, 4) is 11.5 Å². The quantitative estimate of drug-likeness (QED) is 0.724. The second-order valence-electron chi connectivity index (χ2n) is 2.33. The SMILES string of the molecule is Oc1cc(C(F)(F)F)cc(O)c1I. The monoisotopic (exact) mass is 304 g/mol. The third-order valence-corrected chi connectivity index (χ3v) is 2.47. The van der Waals surface area contributed by atoms with E-state index in [9.17, 15) is 13.2 Å². The van der Waals surface area contributed by atoms with Crippen molar-refractivity contribution in [3.63, 3.8) is 0 Å². The number of aromatic hydroxyl groups is 2. The maximum atomic E-state index is 12.1. The van der Waals surface area contributed by atoms with Gasteiger partial charge in [0.05, 0.1) is 9.13 Å². The third kappa shape index (κ3) is 2.17. The van der Waals surface area contributed by atoms with Gasteiger partial charge in [0.25, 0.3) is 0 Å². The predicted octanol–water partition coefficient (Wildman–Crippen LogP) is 2.72. The van der Waals surface area contributed by atoms with E-state index in [1.807, 2.05) is 0 Å². The first-order valence-electron chi connectivity index (χ1n) is 3.11. The predicted molar refractivity (Wildman–Crippen MR) is 47.5 cm³/mol. The molecule has 0 atom stereocenters. The van der Waals surface area contributed by atoms with Gasteiger partial charge in [-0.25, -0.2) is 0 Å². The van der Waals surface area contributed by atoms with E-state index in [1.54, 1.807) is 22.6 Å². The Morgan fingerprint density at radius 1 is 1.08 bits per heavy atom. The Kier molecular flexibility index (Phi) is 2.60. The van der Waals surface area contributed by atoms with E-state index in [-0.39, 0.29) is 3.57 Å². The van der Waals surface area contributed by atoms with Gasteiger partial charge < -0.3 is 10.2 Å². The Balaban J connectivity index is 3.29. The van der Waals surface area contributed by atoms with Crippen molar-refractivity contribution >= 4 is 22.6 Å². The van der Waals surface area contributed by atoms with Crippen molar-refractivity contribution < 1.29 is 23.4 Å². The molecule has 0 aliphatic rings. The minimum Gasteiger partial charge on any atom is -0.507 e. The molecule has 0 aliphatic heterocycles. The average molecular weight is 304 g/mol. The highest BCUT2D eigenvalue weighted by Gasteiger charge is 2.32. The molecule has 1 aromatic carbocycles. The van der Waals surface area contributed by atoms with Gasteiger partial charge in [-0.05, 0) is 34.7 Å². The minimum atomic E-state index is -4.56. The summed E-state index contributed by atoms with van der Waals surface area (Å²) in [5.41, 5.74) is -1.07. The van der Waals surface area contributed by atoms with Crippen LogP contribution in [0.1, 0.15) is 5.56 Å². The van der Waals surface area contributed by atoms with Gasteiger partial charge in [-0.3, -0.25) is 0 Å². The molecule has 0 aliphatic carbocycles. The van der Waals surface area contributed by atoms with Crippen LogP contribution in [0.25, 0.3) is 0 Å². The lowest BCUT2D eigenvalue weighted by Crippen LogP contribution is -2.04. The molecule has 1 aromatic rings. The fourth-order valence-electron chi connectivity index (χ4n) is 0.758. The second-order valence-corrected chi connectivity index (χ2v) is 3.40. The van der Waals surface area contributed by atoms with Crippen LogP contribution in [0.5, 0.6) is 11.5 Å². The highest BCUT2D eigenvalue weighted by atomic mass is 127. The molecule has 2 nitrogen and oxygen atoms in total. The van der Waals surface area contributed by atoms with Crippen molar-refractivity contribution in [2.75, 3.05) is 0 Å². The molecule has 0 saturated carbocycles. The minimum absolute atomic E-state index is 0.00519. The molecule has 0 spiro atoms. The Morgan fingerprint density at radius 2 is 1.46 bits per heavy atom. The summed E-state index contributed by atoms with van der Waals surface area (Å²) in [4.78, 5) is 0. The molecule has 72 valence electrons. The van der Waals surface area contributed by atoms with Crippen LogP contribution in [-0.2, 0) is 6.18 Å². The van der Waals surface area contributed by atoms with E-state index in [2.05, 4.69) is 0 Å². The van der Waals surface area contributed by atoms with Crippen LogP contribution >= 0.6 is 22.6 Å². The summed E-state index contributed by atoms with van der Waals surface area (Å²) in [5.74, 6) is -1.15. The van der Waals surface area contributed by atoms with Crippen molar-refractivity contribution in [1.29, 1.82) is 0 Å². The van der Waals surface area contributed by atoms with Crippen LogP contribution in [0, 0.1) is 3.57 Å². The Morgan fingerprint density at radius 3 is 1.77 bits per heavy atom. The molecule has 0 heterocycles. The summed E-state index contributed by atoms with van der Waals surface area (Å²) in [6.45, 7) is 0. The lowest BCUT2D eigenvalue weighted by Gasteiger charge is -2.08. The van der Waals surface area contributed by atoms with Crippen LogP contribution < -0.4 is 0 Å². The van der Waals surface area contributed by atoms with Gasteiger partial charge in [-0.15, -0.1) is 0 Å². The Hall–Kier alpha value is -0.660. The van der Waals surface area contributed by atoms with Crippen LogP contribution in [0.2, 0.25) is 0 Å². The third-order valence-electron chi connectivity index (χ3n) is 1.36. The molecule has 6 heteroatoms. The number of benzene rings is 1. The topological polar surface area (TPSA) is 40.5 Å². The maximum absolute atomic E-state index is 12.1. The number of phenols is 2. The molecule has 0 amide bonds. The molecule has 0 saturated heterocycles. The van der Waals surface area contributed by atoms with E-state index < -0.39 is 23.2 Å². The van der Waals surface area contributed by atoms with Gasteiger partial charge in [-0.2, -0.15) is 13.2 Å². The molecule has 0 fully saturated rings. The van der Waals surface area contributed by atoms with Crippen LogP contribution in [0.4, 0.5) is 13.2 Å². The first kappa shape index (κ1) is 10.4. The Bertz CT molecular complexity index is 312. The summed E-state index contributed by atoms with van der Waals surface area (Å²) in [6, 6.07) is 1.14. The molecule has 1 rings (SSSR count). The number of phenolic OH excluding ortho intramolecular Hbond substituents is 2. The number of rotatable bonds is 0. The number of hydrogen-bond donors (Lipinski definition) is 2. The Labute approximate surface area is 85.1 Å². The van der Waals surface area contributed by atoms with E-state index in [1.165, 1.54) is 0 Å². The summed E-state index contributed by atoms with van der Waals surface area (Å²) < 4.78 is 36.2. The van der Waals surface area contributed by atoms with Gasteiger partial charge in [0.15, 0.2) is 0 Å². The second kappa shape index (κ2) is 3.24. The molecule has 2 N–H and O–H groups in total. The normalized spacial score (nSPS) is 11.7. The fraction of sp³-hybridized carbons (Fsp3) is 0.143. The van der Waals surface area contributed by atoms with Gasteiger partial charge in [-0.1, -0.05) is 0 Å². The van der Waals surface area contributed by atoms with Gasteiger partial charge in [0.2, 0.25) is 0 Å². The van der Waals surface area contributed by atoms with Gasteiger partial charge >= 0.3 is 6.18 Å². The highest BCUT2D eigenvalue weighted by molar-refractivity contribution is 14.1. The summed E-state index contributed by atoms with van der Waals surface area (Å²) in [6.07, 6.45) is -4.56. The molecule has 0 unspecified atom stereocenters. The van der Waals surface area contributed by atoms with Gasteiger partial charge in [0, 0.05) is 0 Å². The molecule has 0 radical (unpaired) electrons. The summed E-state index contributed by atoms with van der Waals surface area (Å²) in [7, 11) is 0. The molecule has 0 aromatic heterocycles. The summed E-state index contributed by atoms with van der Waals surface area (Å²) in [5, 5.41) is 18.0. The van der Waals surface area contributed by atoms with Gasteiger partial charge in [0.1, 0.15) is 11.5 Å². The largest absolute Gasteiger partial charge is 0.507 e. The average Bonchev–Trinajstić information content (AvgIpc) is 1.97. The highest BCUT2D eigenvalue weighted by Crippen LogP contribution is 2.37. The standard InChI is InChI=1S/C7H4F3IO2/c8-7(9,10)3-1-4(12)6(11)5(13)2-3/h1-2,12-13H. The first-order chi connectivity index (χ1) is 5.82. The maximum Gasteiger partial charge on any atom is 0.416 e. The first-order valence-corrected chi connectivity index (χ1v) is 4.19. The van der Waals surface area contributed by atoms with Crippen molar-refractivity contribution in [2.45, 2.75) is 6.18 Å².